The molecule has 0 aliphatic carbocycles. The van der Waals surface area contributed by atoms with Gasteiger partial charge in [-0.2, -0.15) is 0 Å². The van der Waals surface area contributed by atoms with Gasteiger partial charge in [-0.25, -0.2) is 15.0 Å². The molecule has 24 bridgehead atoms. The summed E-state index contributed by atoms with van der Waals surface area (Å²) < 4.78 is 0. The summed E-state index contributed by atoms with van der Waals surface area (Å²) in [6, 6.07) is 17.5. The standard InChI is InChI=1S/3C34H38N4O5.Ga/c3*1-7-20-19(6)32-34(43)33-21(8-2)16(3)26(37-33)13-24-17(4)22(9-11-30(39)40)28(35-24)15-29-23(10-12-31(41)42)18(5)25(36-29)14-27(20)38-32;/h3*13-15,35-36,38H,7-12H2,1-6H3,(H,39,40)(H,41,42);/q;;;+3/p-3. The molecule has 0 fully saturated rings. The maximum absolute atomic E-state index is 14.0. The third-order valence-corrected chi connectivity index (χ3v) is 26.5. The molecule has 0 amide bonds. The molecule has 0 unspecified atom stereocenters. The fourth-order valence-electron chi connectivity index (χ4n) is 19.1. The molecular weight excluding hydrogens is 1700 g/mol. The minimum atomic E-state index is -1.14. The van der Waals surface area contributed by atoms with E-state index >= 15 is 0 Å². The van der Waals surface area contributed by atoms with Crippen LogP contribution in [-0.2, 0) is 86.6 Å². The van der Waals surface area contributed by atoms with Gasteiger partial charge in [-0.15, -0.1) is 0 Å². The van der Waals surface area contributed by atoms with Crippen molar-refractivity contribution in [1.82, 2.24) is 59.8 Å². The third-order valence-electron chi connectivity index (χ3n) is 26.5. The molecule has 28 heteroatoms. The molecule has 0 spiro atoms. The molecule has 0 aromatic carbocycles. The second kappa shape index (κ2) is 39.3. The van der Waals surface area contributed by atoms with E-state index in [2.05, 4.69) is 65.6 Å². The number of rotatable bonds is 24. The second-order valence-corrected chi connectivity index (χ2v) is 33.9. The number of aryl methyl sites for hydroxylation is 18. The van der Waals surface area contributed by atoms with Crippen LogP contribution >= 0.6 is 0 Å². The van der Waals surface area contributed by atoms with Crippen LogP contribution in [-0.4, -0.2) is 131 Å². The van der Waals surface area contributed by atoms with Gasteiger partial charge in [0.1, 0.15) is 17.1 Å². The number of nitrogens with one attached hydrogen (secondary N) is 9. The van der Waals surface area contributed by atoms with Crippen LogP contribution in [0.4, 0.5) is 0 Å². The van der Waals surface area contributed by atoms with Crippen LogP contribution in [0.15, 0.2) is 69.0 Å². The SMILES string of the molecule is CCC1=C(C)c2cc3[nH]c(cc4[nH]c(cc5[nH]c(c(C)c5CC)c(=O)c1n2)c(C)c4CCC(=O)O)c(CCC(=O)[O-])c3C.CCC1=C(C)c2cc3[nH]c(cc4[nH]c(cc5[nH]c(c(C)c5CC)c(=O)c1n2)c(C)c4CCC(=O)O)c(CCC(=O)[O-])c3C.CCC1=C(C)c2cc3[nH]c(cc4[nH]c(cc5[nH]c(c(C)c5CC)c(=O)c1n2)c(C)c4CCC(=O)O)c(CCC(=O)[O-])c3C.[Ga+3]. The normalized spacial score (nSPS) is 12.3. The first-order valence-corrected chi connectivity index (χ1v) is 44.3. The first-order chi connectivity index (χ1) is 61.3. The van der Waals surface area contributed by atoms with E-state index in [9.17, 15) is 73.8 Å². The maximum Gasteiger partial charge on any atom is 3.00 e. The molecule has 27 nitrogen and oxygen atoms in total. The van der Waals surface area contributed by atoms with Gasteiger partial charge in [0.15, 0.2) is 0 Å². The number of aromatic amines is 9. The number of hydrogen-bond donors (Lipinski definition) is 12. The predicted octanol–water partition coefficient (Wildman–Crippen LogP) is 15.9. The molecular formula is C102H111GaN12O15. The van der Waals surface area contributed by atoms with E-state index in [1.165, 1.54) is 0 Å². The predicted molar refractivity (Wildman–Crippen MR) is 510 cm³/mol. The van der Waals surface area contributed by atoms with Gasteiger partial charge in [-0.05, 0) is 368 Å². The van der Waals surface area contributed by atoms with Crippen molar-refractivity contribution >= 4 is 188 Å². The molecule has 15 rings (SSSR count). The number of fused-ring (bicyclic) bond motifs is 24. The fraction of sp³-hybridized carbons (Fsp3) is 0.353. The van der Waals surface area contributed by atoms with Gasteiger partial charge < -0.3 is 89.9 Å². The quantitative estimate of drug-likeness (QED) is 0.0250. The number of carbonyl (C=O) groups excluding carboxylic acids is 3. The van der Waals surface area contributed by atoms with Crippen LogP contribution in [0.5, 0.6) is 0 Å². The van der Waals surface area contributed by atoms with Crippen LogP contribution in [0.2, 0.25) is 0 Å². The van der Waals surface area contributed by atoms with E-state index in [-0.39, 0.29) is 93.9 Å². The Balaban J connectivity index is 0.000000176. The number of allylic oxidation sites excluding steroid dienone is 6. The van der Waals surface area contributed by atoms with Crippen molar-refractivity contribution in [2.24, 2.45) is 0 Å². The first-order valence-electron chi connectivity index (χ1n) is 44.3. The number of aliphatic carboxylic acids is 6. The average Bonchev–Trinajstić information content (AvgIpc) is 1.61. The maximum atomic E-state index is 14.0. The Hall–Kier alpha value is -13.3. The molecule has 0 saturated heterocycles. The van der Waals surface area contributed by atoms with E-state index in [0.29, 0.717) is 109 Å². The van der Waals surface area contributed by atoms with Gasteiger partial charge in [0.25, 0.3) is 0 Å². The molecule has 3 aliphatic rings. The Morgan fingerprint density at radius 3 is 0.631 bits per heavy atom. The number of H-pyrrole nitrogens is 9. The summed E-state index contributed by atoms with van der Waals surface area (Å²) in [5.74, 6) is -6.09. The number of carbonyl (C=O) groups is 6. The smallest absolute Gasteiger partial charge is 0.550 e. The summed E-state index contributed by atoms with van der Waals surface area (Å²) in [5, 5.41) is 62.7. The summed E-state index contributed by atoms with van der Waals surface area (Å²) in [7, 11) is 0. The summed E-state index contributed by atoms with van der Waals surface area (Å²) >= 11 is 0. The van der Waals surface area contributed by atoms with Crippen LogP contribution in [0, 0.1) is 62.3 Å². The van der Waals surface area contributed by atoms with Crippen LogP contribution < -0.4 is 31.6 Å². The van der Waals surface area contributed by atoms with Crippen molar-refractivity contribution in [3.63, 3.8) is 0 Å². The van der Waals surface area contributed by atoms with Crippen molar-refractivity contribution in [2.45, 2.75) is 240 Å². The van der Waals surface area contributed by atoms with Gasteiger partial charge in [0.2, 0.25) is 16.3 Å². The first kappa shape index (κ1) is 95.8. The van der Waals surface area contributed by atoms with Crippen molar-refractivity contribution < 1.29 is 59.4 Å². The van der Waals surface area contributed by atoms with Crippen LogP contribution in [0.25, 0.3) is 133 Å². The Morgan fingerprint density at radius 2 is 0.446 bits per heavy atom. The van der Waals surface area contributed by atoms with Gasteiger partial charge in [0.05, 0.1) is 33.6 Å². The van der Waals surface area contributed by atoms with E-state index in [1.54, 1.807) is 0 Å². The zero-order chi connectivity index (χ0) is 93.5. The van der Waals surface area contributed by atoms with Crippen LogP contribution in [0.1, 0.15) is 254 Å². The Bertz CT molecular complexity index is 6770. The Kier molecular flexibility index (Phi) is 29.0. The molecule has 672 valence electrons. The third kappa shape index (κ3) is 18.8. The summed E-state index contributed by atoms with van der Waals surface area (Å²) in [6.07, 6.45) is 5.27. The molecule has 130 heavy (non-hydrogen) atoms. The monoisotopic (exact) mass is 1810 g/mol. The molecule has 3 aliphatic heterocycles. The van der Waals surface area contributed by atoms with Crippen molar-refractivity contribution in [1.29, 1.82) is 0 Å². The molecule has 12 N–H and O–H groups in total. The van der Waals surface area contributed by atoms with Crippen LogP contribution in [0.3, 0.4) is 0 Å². The van der Waals surface area contributed by atoms with E-state index in [1.807, 2.05) is 158 Å². The summed E-state index contributed by atoms with van der Waals surface area (Å²) in [6.45, 7) is 35.7. The van der Waals surface area contributed by atoms with Crippen molar-refractivity contribution in [2.75, 3.05) is 0 Å². The number of carboxylic acid groups (broad SMARTS) is 6. The molecule has 0 saturated carbocycles. The molecule has 12 aromatic heterocycles. The number of hydrogen-bond acceptors (Lipinski definition) is 15. The van der Waals surface area contributed by atoms with Crippen molar-refractivity contribution in [3.8, 4) is 0 Å². The minimum Gasteiger partial charge on any atom is -0.550 e. The van der Waals surface area contributed by atoms with E-state index in [4.69, 9.17) is 15.0 Å². The van der Waals surface area contributed by atoms with Gasteiger partial charge >= 0.3 is 37.7 Å². The second-order valence-electron chi connectivity index (χ2n) is 33.9. The van der Waals surface area contributed by atoms with Gasteiger partial charge in [0, 0.05) is 120 Å². The summed E-state index contributed by atoms with van der Waals surface area (Å²) in [5.41, 5.74) is 37.7. The fourth-order valence-corrected chi connectivity index (χ4v) is 19.1. The van der Waals surface area contributed by atoms with Gasteiger partial charge in [-0.3, -0.25) is 28.8 Å². The van der Waals surface area contributed by atoms with Crippen molar-refractivity contribution in [3.05, 3.63) is 220 Å². The zero-order valence-corrected chi connectivity index (χ0v) is 79.5. The van der Waals surface area contributed by atoms with E-state index in [0.717, 1.165) is 216 Å². The van der Waals surface area contributed by atoms with E-state index < -0.39 is 35.8 Å². The molecule has 12 aromatic rings. The molecule has 15 heterocycles. The zero-order valence-electron chi connectivity index (χ0n) is 77.1. The minimum absolute atomic E-state index is 0. The number of nitrogens with zero attached hydrogens (tertiary/aromatic N) is 3. The van der Waals surface area contributed by atoms with Gasteiger partial charge in [-0.1, -0.05) is 41.5 Å². The average molecular weight is 1810 g/mol. The molecule has 0 atom stereocenters. The summed E-state index contributed by atoms with van der Waals surface area (Å²) in [4.78, 5) is 157. The number of carboxylic acids is 6. The topological polar surface area (TPSA) is 464 Å². The Labute approximate surface area is 762 Å². The largest absolute Gasteiger partial charge is 3.00 e. The Morgan fingerprint density at radius 1 is 0.262 bits per heavy atom. The molecule has 0 radical (unpaired) electrons. The number of aromatic nitrogens is 12.